The van der Waals surface area contributed by atoms with Crippen molar-refractivity contribution in [2.45, 2.75) is 45.6 Å². The van der Waals surface area contributed by atoms with Gasteiger partial charge in [-0.15, -0.1) is 0 Å². The Kier molecular flexibility index (Phi) is 4.13. The summed E-state index contributed by atoms with van der Waals surface area (Å²) in [4.78, 5) is 24.8. The summed E-state index contributed by atoms with van der Waals surface area (Å²) in [7, 11) is 0. The fourth-order valence-electron chi connectivity index (χ4n) is 2.99. The van der Waals surface area contributed by atoms with Gasteiger partial charge in [-0.1, -0.05) is 0 Å². The lowest BCUT2D eigenvalue weighted by atomic mass is 9.90. The first-order valence-electron chi connectivity index (χ1n) is 7.07. The average molecular weight is 269 g/mol. The zero-order valence-corrected chi connectivity index (χ0v) is 11.7. The summed E-state index contributed by atoms with van der Waals surface area (Å²) >= 11 is 0. The van der Waals surface area contributed by atoms with Gasteiger partial charge in [-0.25, -0.2) is 0 Å². The quantitative estimate of drug-likeness (QED) is 0.821. The molecule has 0 radical (unpaired) electrons. The summed E-state index contributed by atoms with van der Waals surface area (Å²) < 4.78 is 5.38. The fraction of sp³-hybridized carbons (Fsp3) is 0.857. The number of carboxylic acid groups (broad SMARTS) is 1. The van der Waals surface area contributed by atoms with Crippen LogP contribution in [0.3, 0.4) is 0 Å². The van der Waals surface area contributed by atoms with Crippen LogP contribution in [0.2, 0.25) is 0 Å². The molecule has 1 N–H and O–H groups in total. The summed E-state index contributed by atoms with van der Waals surface area (Å²) in [5.74, 6) is -0.720. The summed E-state index contributed by atoms with van der Waals surface area (Å²) in [6, 6.07) is 0. The molecule has 0 bridgehead atoms. The molecule has 5 heteroatoms. The molecule has 19 heavy (non-hydrogen) atoms. The Balaban J connectivity index is 1.72. The minimum Gasteiger partial charge on any atom is -0.481 e. The molecule has 1 spiro atoms. The van der Waals surface area contributed by atoms with Gasteiger partial charge in [0.15, 0.2) is 0 Å². The number of hydrogen-bond acceptors (Lipinski definition) is 3. The molecule has 5 nitrogen and oxygen atoms in total. The smallest absolute Gasteiger partial charge is 0.307 e. The minimum atomic E-state index is -0.676. The Morgan fingerprint density at radius 3 is 2.47 bits per heavy atom. The van der Waals surface area contributed by atoms with Gasteiger partial charge in [-0.2, -0.15) is 0 Å². The Bertz CT molecular complexity index is 358. The number of rotatable bonds is 5. The van der Waals surface area contributed by atoms with Gasteiger partial charge in [0.1, 0.15) is 0 Å². The monoisotopic (exact) mass is 269 g/mol. The maximum Gasteiger partial charge on any atom is 0.307 e. The number of nitrogens with zero attached hydrogens (tertiary/aromatic N) is 1. The number of carboxylic acids is 1. The van der Waals surface area contributed by atoms with Crippen molar-refractivity contribution in [3.63, 3.8) is 0 Å². The molecule has 0 aromatic carbocycles. The van der Waals surface area contributed by atoms with Crippen LogP contribution in [0, 0.1) is 11.3 Å². The van der Waals surface area contributed by atoms with Gasteiger partial charge in [0.25, 0.3) is 0 Å². The highest BCUT2D eigenvalue weighted by atomic mass is 16.5. The Labute approximate surface area is 113 Å². The van der Waals surface area contributed by atoms with E-state index in [1.807, 2.05) is 18.7 Å². The third-order valence-corrected chi connectivity index (χ3v) is 4.37. The van der Waals surface area contributed by atoms with Gasteiger partial charge in [-0.05, 0) is 38.5 Å². The predicted octanol–water partition coefficient (Wildman–Crippen LogP) is 1.51. The van der Waals surface area contributed by atoms with Crippen LogP contribution in [-0.2, 0) is 14.3 Å². The topological polar surface area (TPSA) is 66.8 Å². The number of carbonyl (C=O) groups excluding carboxylic acids is 1. The van der Waals surface area contributed by atoms with E-state index in [1.165, 1.54) is 0 Å². The number of piperidine rings is 1. The maximum atomic E-state index is 12.0. The van der Waals surface area contributed by atoms with Crippen molar-refractivity contribution in [3.8, 4) is 0 Å². The predicted molar refractivity (Wildman–Crippen MR) is 69.7 cm³/mol. The van der Waals surface area contributed by atoms with Crippen LogP contribution in [0.5, 0.6) is 0 Å². The number of likely N-dealkylation sites (tertiary alicyclic amines) is 1. The van der Waals surface area contributed by atoms with Crippen molar-refractivity contribution >= 4 is 11.9 Å². The molecule has 1 heterocycles. The standard InChI is InChI=1S/C14H23NO4/c1-10(2)19-8-3-12(16)15-6-4-14(5-7-15)9-11(14)13(17)18/h10-11H,3-9H2,1-2H3,(H,17,18). The highest BCUT2D eigenvalue weighted by Gasteiger charge is 2.59. The Hall–Kier alpha value is -1.10. The normalized spacial score (nSPS) is 24.8. The van der Waals surface area contributed by atoms with E-state index < -0.39 is 5.97 Å². The molecule has 1 amide bonds. The Morgan fingerprint density at radius 2 is 2.00 bits per heavy atom. The zero-order chi connectivity index (χ0) is 14.0. The van der Waals surface area contributed by atoms with E-state index in [0.717, 1.165) is 19.3 Å². The zero-order valence-electron chi connectivity index (χ0n) is 11.7. The molecule has 2 aliphatic rings. The lowest BCUT2D eigenvalue weighted by Gasteiger charge is -2.32. The minimum absolute atomic E-state index is 0.00293. The summed E-state index contributed by atoms with van der Waals surface area (Å²) in [6.45, 7) is 5.77. The van der Waals surface area contributed by atoms with Gasteiger partial charge < -0.3 is 14.7 Å². The van der Waals surface area contributed by atoms with Crippen LogP contribution in [0.4, 0.5) is 0 Å². The molecule has 1 aliphatic heterocycles. The van der Waals surface area contributed by atoms with Crippen molar-refractivity contribution in [3.05, 3.63) is 0 Å². The van der Waals surface area contributed by atoms with Crippen molar-refractivity contribution < 1.29 is 19.4 Å². The molecule has 108 valence electrons. The van der Waals surface area contributed by atoms with Gasteiger partial charge in [0.05, 0.1) is 25.0 Å². The first-order chi connectivity index (χ1) is 8.94. The van der Waals surface area contributed by atoms with Gasteiger partial charge >= 0.3 is 5.97 Å². The third-order valence-electron chi connectivity index (χ3n) is 4.37. The summed E-state index contributed by atoms with van der Waals surface area (Å²) in [5, 5.41) is 9.02. The van der Waals surface area contributed by atoms with E-state index in [1.54, 1.807) is 0 Å². The van der Waals surface area contributed by atoms with E-state index in [-0.39, 0.29) is 23.3 Å². The molecule has 1 saturated heterocycles. The lowest BCUT2D eigenvalue weighted by molar-refractivity contribution is -0.140. The van der Waals surface area contributed by atoms with Crippen molar-refractivity contribution in [1.82, 2.24) is 4.90 Å². The first kappa shape index (κ1) is 14.3. The molecular formula is C14H23NO4. The van der Waals surface area contributed by atoms with E-state index in [4.69, 9.17) is 9.84 Å². The molecule has 1 atom stereocenters. The molecule has 1 aliphatic carbocycles. The second kappa shape index (κ2) is 5.49. The fourth-order valence-corrected chi connectivity index (χ4v) is 2.99. The van der Waals surface area contributed by atoms with Crippen LogP contribution in [0.1, 0.15) is 39.5 Å². The van der Waals surface area contributed by atoms with Crippen molar-refractivity contribution in [1.29, 1.82) is 0 Å². The molecule has 1 unspecified atom stereocenters. The van der Waals surface area contributed by atoms with Gasteiger partial charge in [0, 0.05) is 13.1 Å². The maximum absolute atomic E-state index is 12.0. The summed E-state index contributed by atoms with van der Waals surface area (Å²) in [6.07, 6.45) is 3.04. The highest BCUT2D eigenvalue weighted by Crippen LogP contribution is 2.59. The average Bonchev–Trinajstić information content (AvgIpc) is 3.04. The highest BCUT2D eigenvalue weighted by molar-refractivity contribution is 5.77. The van der Waals surface area contributed by atoms with Crippen molar-refractivity contribution in [2.24, 2.45) is 11.3 Å². The molecule has 2 fully saturated rings. The Morgan fingerprint density at radius 1 is 1.37 bits per heavy atom. The SMILES string of the molecule is CC(C)OCCC(=O)N1CCC2(CC1)CC2C(=O)O. The molecule has 0 aromatic heterocycles. The number of carbonyl (C=O) groups is 2. The van der Waals surface area contributed by atoms with Gasteiger partial charge in [0.2, 0.25) is 5.91 Å². The first-order valence-corrected chi connectivity index (χ1v) is 7.07. The second-order valence-corrected chi connectivity index (χ2v) is 6.01. The number of ether oxygens (including phenoxy) is 1. The molecule has 2 rings (SSSR count). The van der Waals surface area contributed by atoms with Crippen LogP contribution in [0.25, 0.3) is 0 Å². The van der Waals surface area contributed by atoms with Crippen LogP contribution in [0.15, 0.2) is 0 Å². The molecule has 1 saturated carbocycles. The third kappa shape index (κ3) is 3.26. The number of hydrogen-bond donors (Lipinski definition) is 1. The van der Waals surface area contributed by atoms with E-state index in [2.05, 4.69) is 0 Å². The number of amides is 1. The van der Waals surface area contributed by atoms with Gasteiger partial charge in [-0.3, -0.25) is 9.59 Å². The number of aliphatic carboxylic acids is 1. The second-order valence-electron chi connectivity index (χ2n) is 6.01. The largest absolute Gasteiger partial charge is 0.481 e. The summed E-state index contributed by atoms with van der Waals surface area (Å²) in [5.41, 5.74) is -0.00293. The lowest BCUT2D eigenvalue weighted by Crippen LogP contribution is -2.40. The van der Waals surface area contributed by atoms with Crippen LogP contribution < -0.4 is 0 Å². The van der Waals surface area contributed by atoms with E-state index in [0.29, 0.717) is 26.1 Å². The molecule has 0 aromatic rings. The van der Waals surface area contributed by atoms with Crippen molar-refractivity contribution in [2.75, 3.05) is 19.7 Å². The van der Waals surface area contributed by atoms with E-state index in [9.17, 15) is 9.59 Å². The molecular weight excluding hydrogens is 246 g/mol. The van der Waals surface area contributed by atoms with Crippen LogP contribution >= 0.6 is 0 Å². The van der Waals surface area contributed by atoms with E-state index >= 15 is 0 Å². The van der Waals surface area contributed by atoms with Crippen LogP contribution in [-0.4, -0.2) is 47.7 Å².